The number of benzene rings is 1. The molecule has 2 N–H and O–H groups in total. The summed E-state index contributed by atoms with van der Waals surface area (Å²) in [4.78, 5) is 23.8. The van der Waals surface area contributed by atoms with Gasteiger partial charge in [-0.2, -0.15) is 0 Å². The van der Waals surface area contributed by atoms with Crippen molar-refractivity contribution in [2.75, 3.05) is 12.8 Å². The summed E-state index contributed by atoms with van der Waals surface area (Å²) in [6.07, 6.45) is 1.26. The lowest BCUT2D eigenvalue weighted by Gasteiger charge is -2.26. The minimum absolute atomic E-state index is 0.127. The first-order valence-corrected chi connectivity index (χ1v) is 9.68. The summed E-state index contributed by atoms with van der Waals surface area (Å²) in [5.74, 6) is -2.41. The van der Waals surface area contributed by atoms with E-state index in [0.717, 1.165) is 18.4 Å². The van der Waals surface area contributed by atoms with Gasteiger partial charge in [0.05, 0.1) is 6.54 Å². The lowest BCUT2D eigenvalue weighted by Crippen LogP contribution is -2.53. The molecule has 1 saturated carbocycles. The quantitative estimate of drug-likeness (QED) is 0.741. The molecule has 0 spiro atoms. The number of halogens is 1. The molecule has 0 heterocycles. The van der Waals surface area contributed by atoms with Crippen LogP contribution in [0.5, 0.6) is 5.75 Å². The van der Waals surface area contributed by atoms with E-state index in [1.54, 1.807) is 0 Å². The lowest BCUT2D eigenvalue weighted by molar-refractivity contribution is -0.145. The molecule has 25 heavy (non-hydrogen) atoms. The van der Waals surface area contributed by atoms with Crippen molar-refractivity contribution >= 4 is 21.7 Å². The van der Waals surface area contributed by atoms with Gasteiger partial charge in [-0.1, -0.05) is 12.8 Å². The number of carbonyl (C=O) groups excluding carboxylic acids is 1. The van der Waals surface area contributed by atoms with Gasteiger partial charge in [-0.15, -0.1) is 0 Å². The molecule has 1 unspecified atom stereocenters. The van der Waals surface area contributed by atoms with E-state index in [1.165, 1.54) is 12.1 Å². The first kappa shape index (κ1) is 19.2. The second-order valence-electron chi connectivity index (χ2n) is 6.08. The number of amides is 1. The highest BCUT2D eigenvalue weighted by Crippen LogP contribution is 2.36. The maximum atomic E-state index is 12.9. The van der Waals surface area contributed by atoms with Crippen molar-refractivity contribution in [2.24, 2.45) is 0 Å². The Morgan fingerprint density at radius 2 is 1.84 bits per heavy atom. The van der Waals surface area contributed by atoms with Crippen molar-refractivity contribution < 1.29 is 32.2 Å². The van der Waals surface area contributed by atoms with Crippen molar-refractivity contribution in [3.05, 3.63) is 30.1 Å². The van der Waals surface area contributed by atoms with Crippen LogP contribution in [0.1, 0.15) is 25.7 Å². The van der Waals surface area contributed by atoms with E-state index in [1.807, 2.05) is 0 Å². The molecular weight excluding hydrogens is 353 g/mol. The summed E-state index contributed by atoms with van der Waals surface area (Å²) in [6, 6.07) is 4.76. The van der Waals surface area contributed by atoms with Gasteiger partial charge < -0.3 is 15.2 Å². The molecule has 1 aromatic carbocycles. The molecule has 0 bridgehead atoms. The van der Waals surface area contributed by atoms with Crippen molar-refractivity contribution in [2.45, 2.75) is 36.5 Å². The van der Waals surface area contributed by atoms with E-state index in [-0.39, 0.29) is 18.6 Å². The molecule has 1 aliphatic rings. The van der Waals surface area contributed by atoms with Crippen molar-refractivity contribution in [1.82, 2.24) is 5.32 Å². The lowest BCUT2D eigenvalue weighted by atomic mass is 10.1. The van der Waals surface area contributed by atoms with Crippen LogP contribution in [0.15, 0.2) is 24.3 Å². The molecule has 2 rings (SSSR count). The van der Waals surface area contributed by atoms with Crippen molar-refractivity contribution in [3.8, 4) is 5.75 Å². The number of hydrogen-bond donors (Lipinski definition) is 2. The molecule has 9 heteroatoms. The van der Waals surface area contributed by atoms with Crippen LogP contribution >= 0.6 is 0 Å². The Labute approximate surface area is 145 Å². The van der Waals surface area contributed by atoms with Gasteiger partial charge in [0.25, 0.3) is 0 Å². The van der Waals surface area contributed by atoms with Gasteiger partial charge in [-0.3, -0.25) is 4.79 Å². The van der Waals surface area contributed by atoms with E-state index in [4.69, 9.17) is 4.74 Å². The number of carboxylic acids is 1. The third-order valence-electron chi connectivity index (χ3n) is 4.35. The molecule has 7 nitrogen and oxygen atoms in total. The first-order chi connectivity index (χ1) is 11.7. The van der Waals surface area contributed by atoms with Gasteiger partial charge in [-0.25, -0.2) is 17.6 Å². The summed E-state index contributed by atoms with van der Waals surface area (Å²) in [5.41, 5.74) is 0. The number of ether oxygens (including phenoxy) is 1. The number of rotatable bonds is 7. The average molecular weight is 373 g/mol. The predicted molar refractivity (Wildman–Crippen MR) is 87.5 cm³/mol. The van der Waals surface area contributed by atoms with Crippen LogP contribution in [0, 0.1) is 5.82 Å². The number of carbonyl (C=O) groups is 2. The topological polar surface area (TPSA) is 110 Å². The molecule has 138 valence electrons. The highest BCUT2D eigenvalue weighted by Gasteiger charge is 2.50. The molecule has 0 saturated heterocycles. The van der Waals surface area contributed by atoms with E-state index in [9.17, 15) is 27.5 Å². The minimum atomic E-state index is -3.64. The Bertz CT molecular complexity index is 740. The molecule has 1 atom stereocenters. The number of nitrogens with one attached hydrogen (secondary N) is 1. The third-order valence-corrected chi connectivity index (χ3v) is 6.36. The van der Waals surface area contributed by atoms with Crippen molar-refractivity contribution in [3.63, 3.8) is 0 Å². The Morgan fingerprint density at radius 1 is 1.28 bits per heavy atom. The van der Waals surface area contributed by atoms with Crippen LogP contribution in [-0.4, -0.2) is 49.1 Å². The first-order valence-electron chi connectivity index (χ1n) is 7.79. The largest absolute Gasteiger partial charge is 0.478 e. The third kappa shape index (κ3) is 4.28. The van der Waals surface area contributed by atoms with Crippen molar-refractivity contribution in [1.29, 1.82) is 0 Å². The molecule has 1 aliphatic carbocycles. The normalized spacial score (nSPS) is 17.7. The Kier molecular flexibility index (Phi) is 5.66. The fourth-order valence-electron chi connectivity index (χ4n) is 2.92. The molecule has 0 aromatic heterocycles. The highest BCUT2D eigenvalue weighted by molar-refractivity contribution is 7.92. The van der Waals surface area contributed by atoms with Crippen LogP contribution < -0.4 is 10.1 Å². The smallest absolute Gasteiger partial charge is 0.346 e. The standard InChI is InChI=1S/C16H20FNO6S/c1-25(22,23)16(8-2-3-9-16)15(21)18-10-13(14(19)20)24-12-6-4-11(17)5-7-12/h4-7,13H,2-3,8-10H2,1H3,(H,18,21)(H,19,20). The monoisotopic (exact) mass is 373 g/mol. The molecule has 1 amide bonds. The zero-order valence-electron chi connectivity index (χ0n) is 13.7. The van der Waals surface area contributed by atoms with Crippen LogP contribution in [0.25, 0.3) is 0 Å². The van der Waals surface area contributed by atoms with Gasteiger partial charge in [0.1, 0.15) is 16.3 Å². The summed E-state index contributed by atoms with van der Waals surface area (Å²) in [5, 5.41) is 11.6. The maximum Gasteiger partial charge on any atom is 0.346 e. The summed E-state index contributed by atoms with van der Waals surface area (Å²) >= 11 is 0. The van der Waals surface area contributed by atoms with Crippen LogP contribution in [0.4, 0.5) is 4.39 Å². The maximum absolute atomic E-state index is 12.9. The van der Waals surface area contributed by atoms with E-state index < -0.39 is 44.9 Å². The van der Waals surface area contributed by atoms with E-state index in [0.29, 0.717) is 12.8 Å². The second kappa shape index (κ2) is 7.38. The number of carboxylic acid groups (broad SMARTS) is 1. The SMILES string of the molecule is CS(=O)(=O)C1(C(=O)NCC(Oc2ccc(F)cc2)C(=O)O)CCCC1. The predicted octanol–water partition coefficient (Wildman–Crippen LogP) is 1.13. The minimum Gasteiger partial charge on any atom is -0.478 e. The zero-order valence-corrected chi connectivity index (χ0v) is 14.5. The van der Waals surface area contributed by atoms with Gasteiger partial charge in [0, 0.05) is 6.26 Å². The summed E-state index contributed by atoms with van der Waals surface area (Å²) in [6.45, 7) is -0.400. The van der Waals surface area contributed by atoms with Gasteiger partial charge >= 0.3 is 5.97 Å². The molecule has 1 fully saturated rings. The Balaban J connectivity index is 2.06. The van der Waals surface area contributed by atoms with Crippen LogP contribution in [-0.2, 0) is 19.4 Å². The average Bonchev–Trinajstić information content (AvgIpc) is 3.03. The Morgan fingerprint density at radius 3 is 2.32 bits per heavy atom. The fraction of sp³-hybridized carbons (Fsp3) is 0.500. The zero-order chi connectivity index (χ0) is 18.7. The second-order valence-corrected chi connectivity index (χ2v) is 8.41. The fourth-order valence-corrected chi connectivity index (χ4v) is 4.35. The van der Waals surface area contributed by atoms with E-state index >= 15 is 0 Å². The molecule has 0 aliphatic heterocycles. The van der Waals surface area contributed by atoms with Gasteiger partial charge in [0.15, 0.2) is 9.84 Å². The van der Waals surface area contributed by atoms with E-state index in [2.05, 4.69) is 5.32 Å². The number of sulfone groups is 1. The van der Waals surface area contributed by atoms with Gasteiger partial charge in [0.2, 0.25) is 12.0 Å². The summed E-state index contributed by atoms with van der Waals surface area (Å²) < 4.78 is 40.7. The molecule has 0 radical (unpaired) electrons. The number of aliphatic carboxylic acids is 1. The molecular formula is C16H20FNO6S. The molecule has 1 aromatic rings. The number of hydrogen-bond acceptors (Lipinski definition) is 5. The van der Waals surface area contributed by atoms with Gasteiger partial charge in [-0.05, 0) is 37.1 Å². The summed E-state index contributed by atoms with van der Waals surface area (Å²) in [7, 11) is -3.64. The van der Waals surface area contributed by atoms with Crippen LogP contribution in [0.2, 0.25) is 0 Å². The highest BCUT2D eigenvalue weighted by atomic mass is 32.2. The Hall–Kier alpha value is -2.16. The van der Waals surface area contributed by atoms with Crippen LogP contribution in [0.3, 0.4) is 0 Å².